The molecule has 0 atom stereocenters. The number of carbonyl (C=O) groups is 2. The van der Waals surface area contributed by atoms with Gasteiger partial charge in [-0.3, -0.25) is 9.59 Å². The fourth-order valence-electron chi connectivity index (χ4n) is 4.13. The predicted molar refractivity (Wildman–Crippen MR) is 117 cm³/mol. The monoisotopic (exact) mass is 436 g/mol. The number of fused-ring (bicyclic) bond motifs is 1. The highest BCUT2D eigenvalue weighted by Crippen LogP contribution is 2.26. The van der Waals surface area contributed by atoms with E-state index in [2.05, 4.69) is 0 Å². The SMILES string of the molecule is CCn1cc(C(=O)[O-])c(=O)c2cc(F)c(N3CCN(C(=O)Cc4ccccc4)CC3)cc21. The molecule has 1 aliphatic rings. The van der Waals surface area contributed by atoms with Crippen molar-refractivity contribution in [3.05, 3.63) is 75.8 Å². The number of amides is 1. The molecule has 1 fully saturated rings. The molecule has 0 unspecified atom stereocenters. The Balaban J connectivity index is 1.56. The molecule has 4 rings (SSSR count). The number of carboxylic acid groups (broad SMARTS) is 1. The Hall–Kier alpha value is -3.68. The topological polar surface area (TPSA) is 85.7 Å². The van der Waals surface area contributed by atoms with E-state index >= 15 is 0 Å². The van der Waals surface area contributed by atoms with Crippen LogP contribution in [0.15, 0.2) is 53.5 Å². The van der Waals surface area contributed by atoms with E-state index in [0.717, 1.165) is 11.6 Å². The minimum Gasteiger partial charge on any atom is -0.545 e. The smallest absolute Gasteiger partial charge is 0.227 e. The number of hydrogen-bond donors (Lipinski definition) is 0. The van der Waals surface area contributed by atoms with E-state index in [4.69, 9.17) is 0 Å². The molecule has 2 heterocycles. The van der Waals surface area contributed by atoms with Crippen molar-refractivity contribution in [1.29, 1.82) is 0 Å². The quantitative estimate of drug-likeness (QED) is 0.604. The third-order valence-electron chi connectivity index (χ3n) is 5.88. The van der Waals surface area contributed by atoms with Gasteiger partial charge in [0.15, 0.2) is 5.43 Å². The lowest BCUT2D eigenvalue weighted by molar-refractivity contribution is -0.255. The maximum Gasteiger partial charge on any atom is 0.227 e. The lowest BCUT2D eigenvalue weighted by atomic mass is 10.1. The predicted octanol–water partition coefficient (Wildman–Crippen LogP) is 1.42. The summed E-state index contributed by atoms with van der Waals surface area (Å²) in [5, 5.41) is 11.3. The molecule has 0 radical (unpaired) electrons. The van der Waals surface area contributed by atoms with E-state index in [9.17, 15) is 23.9 Å². The van der Waals surface area contributed by atoms with E-state index in [0.29, 0.717) is 50.3 Å². The standard InChI is InChI=1S/C24H24FN3O4/c1-2-26-15-18(24(31)32)23(30)17-13-19(25)21(14-20(17)26)27-8-10-28(11-9-27)22(29)12-16-6-4-3-5-7-16/h3-7,13-15H,2,8-12H2,1H3,(H,31,32)/p-1. The number of aryl methyl sites for hydroxylation is 1. The maximum atomic E-state index is 15.0. The molecule has 1 amide bonds. The largest absolute Gasteiger partial charge is 0.545 e. The van der Waals surface area contributed by atoms with Crippen LogP contribution in [0.2, 0.25) is 0 Å². The Kier molecular flexibility index (Phi) is 5.94. The first kappa shape index (κ1) is 21.5. The van der Waals surface area contributed by atoms with Gasteiger partial charge < -0.3 is 24.3 Å². The summed E-state index contributed by atoms with van der Waals surface area (Å²) in [6.45, 7) is 4.06. The Morgan fingerprint density at radius 1 is 1.06 bits per heavy atom. The minimum absolute atomic E-state index is 0.00600. The first-order valence-electron chi connectivity index (χ1n) is 10.5. The second kappa shape index (κ2) is 8.82. The van der Waals surface area contributed by atoms with Crippen molar-refractivity contribution in [3.63, 3.8) is 0 Å². The molecule has 0 spiro atoms. The number of anilines is 1. The summed E-state index contributed by atoms with van der Waals surface area (Å²) in [6.07, 6.45) is 1.57. The molecule has 0 saturated carbocycles. The summed E-state index contributed by atoms with van der Waals surface area (Å²) in [6, 6.07) is 12.2. The van der Waals surface area contributed by atoms with Gasteiger partial charge in [-0.25, -0.2) is 4.39 Å². The van der Waals surface area contributed by atoms with Crippen LogP contribution in [0.3, 0.4) is 0 Å². The zero-order chi connectivity index (χ0) is 22.8. The van der Waals surface area contributed by atoms with Gasteiger partial charge in [-0.1, -0.05) is 30.3 Å². The average Bonchev–Trinajstić information content (AvgIpc) is 2.80. The van der Waals surface area contributed by atoms with Crippen LogP contribution in [0.5, 0.6) is 0 Å². The van der Waals surface area contributed by atoms with Crippen molar-refractivity contribution in [2.75, 3.05) is 31.1 Å². The zero-order valence-electron chi connectivity index (χ0n) is 17.7. The van der Waals surface area contributed by atoms with Crippen LogP contribution in [0.1, 0.15) is 22.8 Å². The summed E-state index contributed by atoms with van der Waals surface area (Å²) < 4.78 is 16.6. The lowest BCUT2D eigenvalue weighted by Gasteiger charge is -2.36. The summed E-state index contributed by atoms with van der Waals surface area (Å²) in [7, 11) is 0. The Bertz CT molecular complexity index is 1230. The lowest BCUT2D eigenvalue weighted by Crippen LogP contribution is -2.49. The second-order valence-electron chi connectivity index (χ2n) is 7.80. The number of rotatable bonds is 5. The number of aromatic nitrogens is 1. The molecular weight excluding hydrogens is 413 g/mol. The molecule has 3 aromatic rings. The maximum absolute atomic E-state index is 15.0. The van der Waals surface area contributed by atoms with Gasteiger partial charge >= 0.3 is 0 Å². The molecule has 1 aromatic heterocycles. The Morgan fingerprint density at radius 2 is 1.75 bits per heavy atom. The number of halogens is 1. The summed E-state index contributed by atoms with van der Waals surface area (Å²) in [5.74, 6) is -2.15. The van der Waals surface area contributed by atoms with Gasteiger partial charge in [0.25, 0.3) is 0 Å². The van der Waals surface area contributed by atoms with Crippen molar-refractivity contribution in [3.8, 4) is 0 Å². The van der Waals surface area contributed by atoms with Gasteiger partial charge in [0.1, 0.15) is 5.82 Å². The first-order chi connectivity index (χ1) is 15.4. The van der Waals surface area contributed by atoms with E-state index in [-0.39, 0.29) is 11.3 Å². The molecule has 1 aliphatic heterocycles. The van der Waals surface area contributed by atoms with Gasteiger partial charge in [0.05, 0.1) is 29.2 Å². The van der Waals surface area contributed by atoms with Crippen molar-refractivity contribution < 1.29 is 19.1 Å². The first-order valence-corrected chi connectivity index (χ1v) is 10.5. The van der Waals surface area contributed by atoms with Gasteiger partial charge in [-0.15, -0.1) is 0 Å². The second-order valence-corrected chi connectivity index (χ2v) is 7.80. The summed E-state index contributed by atoms with van der Waals surface area (Å²) >= 11 is 0. The third kappa shape index (κ3) is 4.08. The van der Waals surface area contributed by atoms with Crippen molar-refractivity contribution >= 4 is 28.5 Å². The molecule has 0 bridgehead atoms. The molecule has 0 aliphatic carbocycles. The van der Waals surface area contributed by atoms with E-state index in [1.807, 2.05) is 42.2 Å². The Labute approximate surface area is 184 Å². The van der Waals surface area contributed by atoms with E-state index in [1.165, 1.54) is 6.20 Å². The molecule has 32 heavy (non-hydrogen) atoms. The fraction of sp³-hybridized carbons (Fsp3) is 0.292. The molecular formula is C24H23FN3O4-. The Morgan fingerprint density at radius 3 is 2.38 bits per heavy atom. The normalized spacial score (nSPS) is 14.1. The van der Waals surface area contributed by atoms with Crippen LogP contribution in [0, 0.1) is 5.82 Å². The fourth-order valence-corrected chi connectivity index (χ4v) is 4.13. The highest BCUT2D eigenvalue weighted by Gasteiger charge is 2.24. The average molecular weight is 436 g/mol. The van der Waals surface area contributed by atoms with Gasteiger partial charge in [0.2, 0.25) is 5.91 Å². The van der Waals surface area contributed by atoms with Crippen molar-refractivity contribution in [1.82, 2.24) is 9.47 Å². The third-order valence-corrected chi connectivity index (χ3v) is 5.88. The molecule has 7 nitrogen and oxygen atoms in total. The van der Waals surface area contributed by atoms with Crippen LogP contribution in [-0.2, 0) is 17.8 Å². The van der Waals surface area contributed by atoms with Gasteiger partial charge in [-0.05, 0) is 24.6 Å². The van der Waals surface area contributed by atoms with Crippen LogP contribution < -0.4 is 15.4 Å². The number of piperazine rings is 1. The number of benzene rings is 2. The number of hydrogen-bond acceptors (Lipinski definition) is 5. The molecule has 1 saturated heterocycles. The number of carboxylic acids is 1. The van der Waals surface area contributed by atoms with E-state index < -0.39 is 22.8 Å². The van der Waals surface area contributed by atoms with Gasteiger partial charge in [0, 0.05) is 44.3 Å². The van der Waals surface area contributed by atoms with Gasteiger partial charge in [-0.2, -0.15) is 0 Å². The van der Waals surface area contributed by atoms with Crippen LogP contribution >= 0.6 is 0 Å². The van der Waals surface area contributed by atoms with Crippen LogP contribution in [-0.4, -0.2) is 47.5 Å². The zero-order valence-corrected chi connectivity index (χ0v) is 17.7. The molecule has 2 aromatic carbocycles. The number of aromatic carboxylic acids is 1. The van der Waals surface area contributed by atoms with Crippen molar-refractivity contribution in [2.45, 2.75) is 19.9 Å². The summed E-state index contributed by atoms with van der Waals surface area (Å²) in [5.41, 5.74) is 0.495. The number of pyridine rings is 1. The number of carbonyl (C=O) groups excluding carboxylic acids is 2. The molecule has 0 N–H and O–H groups in total. The van der Waals surface area contributed by atoms with Crippen LogP contribution in [0.25, 0.3) is 10.9 Å². The minimum atomic E-state index is -1.58. The highest BCUT2D eigenvalue weighted by molar-refractivity contribution is 5.92. The summed E-state index contributed by atoms with van der Waals surface area (Å²) in [4.78, 5) is 40.0. The molecule has 8 heteroatoms. The van der Waals surface area contributed by atoms with Crippen LogP contribution in [0.4, 0.5) is 10.1 Å². The van der Waals surface area contributed by atoms with E-state index in [1.54, 1.807) is 15.5 Å². The highest BCUT2D eigenvalue weighted by atomic mass is 19.1. The molecule has 166 valence electrons. The van der Waals surface area contributed by atoms with Crippen molar-refractivity contribution in [2.24, 2.45) is 0 Å². The number of nitrogens with zero attached hydrogens (tertiary/aromatic N) is 3.